The van der Waals surface area contributed by atoms with Crippen molar-refractivity contribution in [2.45, 2.75) is 13.5 Å². The van der Waals surface area contributed by atoms with Crippen molar-refractivity contribution in [1.29, 1.82) is 0 Å². The molecule has 0 aliphatic heterocycles. The maximum absolute atomic E-state index is 13.4. The second kappa shape index (κ2) is 8.62. The molecule has 2 rings (SSSR count). The van der Waals surface area contributed by atoms with Gasteiger partial charge in [-0.2, -0.15) is 0 Å². The zero-order valence-electron chi connectivity index (χ0n) is 13.6. The molecule has 0 aliphatic rings. The second-order valence-corrected chi connectivity index (χ2v) is 5.30. The van der Waals surface area contributed by atoms with Crippen molar-refractivity contribution < 1.29 is 23.2 Å². The van der Waals surface area contributed by atoms with E-state index in [9.17, 15) is 18.8 Å². The van der Waals surface area contributed by atoms with Crippen LogP contribution in [0.5, 0.6) is 0 Å². The van der Waals surface area contributed by atoms with Crippen molar-refractivity contribution in [3.05, 3.63) is 59.3 Å². The highest BCUT2D eigenvalue weighted by molar-refractivity contribution is 5.94. The molecule has 3 amide bonds. The number of carbonyl (C=O) groups excluding carboxylic acids is 3. The number of hydrogen-bond donors (Lipinski definition) is 3. The van der Waals surface area contributed by atoms with Gasteiger partial charge in [-0.05, 0) is 36.2 Å². The first-order chi connectivity index (χ1) is 12.0. The molecule has 0 fully saturated rings. The maximum atomic E-state index is 13.4. The molecule has 0 saturated heterocycles. The molecule has 8 heteroatoms. The van der Waals surface area contributed by atoms with E-state index < -0.39 is 17.7 Å². The van der Waals surface area contributed by atoms with E-state index in [0.717, 1.165) is 0 Å². The van der Waals surface area contributed by atoms with E-state index in [1.807, 2.05) is 0 Å². The molecule has 1 aromatic carbocycles. The molecule has 0 saturated carbocycles. The van der Waals surface area contributed by atoms with Crippen LogP contribution in [0.25, 0.3) is 0 Å². The van der Waals surface area contributed by atoms with Gasteiger partial charge in [-0.25, -0.2) is 4.39 Å². The van der Waals surface area contributed by atoms with Crippen molar-refractivity contribution in [2.24, 2.45) is 0 Å². The van der Waals surface area contributed by atoms with Crippen LogP contribution in [0.15, 0.2) is 41.0 Å². The van der Waals surface area contributed by atoms with Crippen LogP contribution in [0.4, 0.5) is 4.39 Å². The van der Waals surface area contributed by atoms with Crippen molar-refractivity contribution >= 4 is 17.7 Å². The minimum absolute atomic E-state index is 0.0934. The lowest BCUT2D eigenvalue weighted by Crippen LogP contribution is -2.41. The molecule has 0 unspecified atom stereocenters. The summed E-state index contributed by atoms with van der Waals surface area (Å²) in [5.74, 6) is -1.71. The van der Waals surface area contributed by atoms with Crippen molar-refractivity contribution in [3.63, 3.8) is 0 Å². The topological polar surface area (TPSA) is 100 Å². The van der Waals surface area contributed by atoms with E-state index in [2.05, 4.69) is 16.0 Å². The number of aryl methyl sites for hydroxylation is 1. The normalized spacial score (nSPS) is 10.2. The Morgan fingerprint density at radius 2 is 1.76 bits per heavy atom. The number of carbonyl (C=O) groups is 3. The molecule has 0 spiro atoms. The summed E-state index contributed by atoms with van der Waals surface area (Å²) in [6.45, 7) is 1.28. The Hall–Kier alpha value is -3.16. The third kappa shape index (κ3) is 5.76. The van der Waals surface area contributed by atoms with E-state index >= 15 is 0 Å². The van der Waals surface area contributed by atoms with Gasteiger partial charge in [0, 0.05) is 6.54 Å². The minimum atomic E-state index is -0.522. The Labute approximate surface area is 143 Å². The fraction of sp³-hybridized carbons (Fsp3) is 0.235. The quantitative estimate of drug-likeness (QED) is 0.692. The van der Waals surface area contributed by atoms with Crippen LogP contribution in [0, 0.1) is 12.7 Å². The van der Waals surface area contributed by atoms with Gasteiger partial charge < -0.3 is 20.4 Å². The Morgan fingerprint density at radius 1 is 1.04 bits per heavy atom. The number of benzene rings is 1. The lowest BCUT2D eigenvalue weighted by Gasteiger charge is -2.08. The van der Waals surface area contributed by atoms with Gasteiger partial charge in [-0.3, -0.25) is 14.4 Å². The van der Waals surface area contributed by atoms with E-state index in [4.69, 9.17) is 4.42 Å². The van der Waals surface area contributed by atoms with Crippen LogP contribution in [-0.4, -0.2) is 30.8 Å². The van der Waals surface area contributed by atoms with Gasteiger partial charge >= 0.3 is 0 Å². The van der Waals surface area contributed by atoms with Gasteiger partial charge in [-0.15, -0.1) is 0 Å². The largest absolute Gasteiger partial charge is 0.459 e. The average molecular weight is 347 g/mol. The number of rotatable bonds is 7. The van der Waals surface area contributed by atoms with E-state index in [1.54, 1.807) is 25.1 Å². The van der Waals surface area contributed by atoms with Crippen LogP contribution in [0.1, 0.15) is 21.7 Å². The highest BCUT2D eigenvalue weighted by Gasteiger charge is 2.11. The van der Waals surface area contributed by atoms with E-state index in [1.165, 1.54) is 18.4 Å². The fourth-order valence-corrected chi connectivity index (χ4v) is 1.91. The standard InChI is InChI=1S/C17H18FN3O4/c1-11-4-5-12(7-13(11)18)8-19-15(22)9-20-16(23)10-21-17(24)14-3-2-6-25-14/h2-7H,8-10H2,1H3,(H,19,22)(H,20,23)(H,21,24). The Morgan fingerprint density at radius 3 is 2.44 bits per heavy atom. The zero-order valence-corrected chi connectivity index (χ0v) is 13.6. The molecular formula is C17H18FN3O4. The van der Waals surface area contributed by atoms with Crippen LogP contribution in [-0.2, 0) is 16.1 Å². The summed E-state index contributed by atoms with van der Waals surface area (Å²) >= 11 is 0. The number of nitrogens with one attached hydrogen (secondary N) is 3. The van der Waals surface area contributed by atoms with Crippen molar-refractivity contribution in [2.75, 3.05) is 13.1 Å². The molecule has 132 valence electrons. The Bertz CT molecular complexity index is 759. The summed E-state index contributed by atoms with van der Waals surface area (Å²) in [7, 11) is 0. The predicted octanol–water partition coefficient (Wildman–Crippen LogP) is 0.890. The van der Waals surface area contributed by atoms with Gasteiger partial charge in [0.1, 0.15) is 5.82 Å². The molecule has 7 nitrogen and oxygen atoms in total. The summed E-state index contributed by atoms with van der Waals surface area (Å²) in [6, 6.07) is 7.70. The molecule has 1 heterocycles. The molecule has 0 aliphatic carbocycles. The van der Waals surface area contributed by atoms with Crippen LogP contribution in [0.3, 0.4) is 0 Å². The SMILES string of the molecule is Cc1ccc(CNC(=O)CNC(=O)CNC(=O)c2ccco2)cc1F. The minimum Gasteiger partial charge on any atom is -0.459 e. The average Bonchev–Trinajstić information content (AvgIpc) is 3.13. The molecule has 2 aromatic rings. The number of furan rings is 1. The molecule has 3 N–H and O–H groups in total. The zero-order chi connectivity index (χ0) is 18.2. The van der Waals surface area contributed by atoms with Gasteiger partial charge in [0.25, 0.3) is 5.91 Å². The van der Waals surface area contributed by atoms with E-state index in [0.29, 0.717) is 11.1 Å². The summed E-state index contributed by atoms with van der Waals surface area (Å²) < 4.78 is 18.3. The number of halogens is 1. The molecule has 1 aromatic heterocycles. The van der Waals surface area contributed by atoms with Gasteiger partial charge in [0.05, 0.1) is 19.4 Å². The van der Waals surface area contributed by atoms with Crippen molar-refractivity contribution in [3.8, 4) is 0 Å². The van der Waals surface area contributed by atoms with Crippen molar-refractivity contribution in [1.82, 2.24) is 16.0 Å². The first-order valence-electron chi connectivity index (χ1n) is 7.56. The number of amides is 3. The number of hydrogen-bond acceptors (Lipinski definition) is 4. The molecule has 0 atom stereocenters. The molecule has 25 heavy (non-hydrogen) atoms. The highest BCUT2D eigenvalue weighted by Crippen LogP contribution is 2.08. The fourth-order valence-electron chi connectivity index (χ4n) is 1.91. The molecule has 0 radical (unpaired) electrons. The third-order valence-corrected chi connectivity index (χ3v) is 3.33. The van der Waals surface area contributed by atoms with Gasteiger partial charge in [0.15, 0.2) is 5.76 Å². The van der Waals surface area contributed by atoms with Crippen LogP contribution < -0.4 is 16.0 Å². The first-order valence-corrected chi connectivity index (χ1v) is 7.56. The van der Waals surface area contributed by atoms with Gasteiger partial charge in [0.2, 0.25) is 11.8 Å². The highest BCUT2D eigenvalue weighted by atomic mass is 19.1. The summed E-state index contributed by atoms with van der Waals surface area (Å²) in [5.41, 5.74) is 1.15. The summed E-state index contributed by atoms with van der Waals surface area (Å²) in [5, 5.41) is 7.29. The third-order valence-electron chi connectivity index (χ3n) is 3.33. The lowest BCUT2D eigenvalue weighted by atomic mass is 10.1. The monoisotopic (exact) mass is 347 g/mol. The van der Waals surface area contributed by atoms with Crippen LogP contribution >= 0.6 is 0 Å². The summed E-state index contributed by atoms with van der Waals surface area (Å²) in [4.78, 5) is 34.8. The van der Waals surface area contributed by atoms with Crippen LogP contribution in [0.2, 0.25) is 0 Å². The maximum Gasteiger partial charge on any atom is 0.287 e. The molecular weight excluding hydrogens is 329 g/mol. The predicted molar refractivity (Wildman–Crippen MR) is 87.0 cm³/mol. The first kappa shape index (κ1) is 18.2. The Kier molecular flexibility index (Phi) is 6.27. The molecule has 0 bridgehead atoms. The lowest BCUT2D eigenvalue weighted by molar-refractivity contribution is -0.125. The van der Waals surface area contributed by atoms with Gasteiger partial charge in [-0.1, -0.05) is 12.1 Å². The Balaban J connectivity index is 1.66. The summed E-state index contributed by atoms with van der Waals surface area (Å²) in [6.07, 6.45) is 1.35. The van der Waals surface area contributed by atoms with E-state index in [-0.39, 0.29) is 31.2 Å². The second-order valence-electron chi connectivity index (χ2n) is 5.30. The smallest absolute Gasteiger partial charge is 0.287 e.